The van der Waals surface area contributed by atoms with Gasteiger partial charge in [-0.05, 0) is 24.3 Å². The standard InChI is InChI=1S/C16H11FN4O/c17-15-4-2-1-3-12(15)10-20-16(22)21-14-6-5-11(8-18)13(7-14)9-19/h1-7H,10H2,(H2,20,21,22). The molecule has 2 rings (SSSR count). The van der Waals surface area contributed by atoms with Crippen LogP contribution in [0.15, 0.2) is 42.5 Å². The van der Waals surface area contributed by atoms with E-state index in [-0.39, 0.29) is 17.7 Å². The van der Waals surface area contributed by atoms with Gasteiger partial charge < -0.3 is 10.6 Å². The molecule has 6 heteroatoms. The fourth-order valence-electron chi connectivity index (χ4n) is 1.80. The lowest BCUT2D eigenvalue weighted by Gasteiger charge is -2.09. The zero-order valence-corrected chi connectivity index (χ0v) is 11.4. The minimum Gasteiger partial charge on any atom is -0.334 e. The van der Waals surface area contributed by atoms with Crippen molar-refractivity contribution in [3.8, 4) is 12.1 Å². The first-order valence-electron chi connectivity index (χ1n) is 6.36. The summed E-state index contributed by atoms with van der Waals surface area (Å²) in [5.74, 6) is -0.395. The Morgan fingerprint density at radius 1 is 1.09 bits per heavy atom. The van der Waals surface area contributed by atoms with Gasteiger partial charge in [-0.2, -0.15) is 10.5 Å². The minimum absolute atomic E-state index is 0.0416. The van der Waals surface area contributed by atoms with E-state index < -0.39 is 11.8 Å². The number of nitriles is 2. The summed E-state index contributed by atoms with van der Waals surface area (Å²) in [6, 6.07) is 13.7. The highest BCUT2D eigenvalue weighted by molar-refractivity contribution is 5.89. The number of amides is 2. The molecule has 2 aromatic rings. The number of hydrogen-bond donors (Lipinski definition) is 2. The summed E-state index contributed by atoms with van der Waals surface area (Å²) < 4.78 is 13.4. The number of anilines is 1. The summed E-state index contributed by atoms with van der Waals surface area (Å²) >= 11 is 0. The lowest BCUT2D eigenvalue weighted by atomic mass is 10.1. The van der Waals surface area contributed by atoms with E-state index >= 15 is 0 Å². The van der Waals surface area contributed by atoms with Gasteiger partial charge in [0.05, 0.1) is 11.1 Å². The third kappa shape index (κ3) is 3.59. The molecule has 0 aliphatic heterocycles. The number of urea groups is 1. The Hall–Kier alpha value is -3.38. The summed E-state index contributed by atoms with van der Waals surface area (Å²) in [6.07, 6.45) is 0. The van der Waals surface area contributed by atoms with E-state index in [1.54, 1.807) is 18.2 Å². The van der Waals surface area contributed by atoms with Crippen molar-refractivity contribution in [2.45, 2.75) is 6.54 Å². The first kappa shape index (κ1) is 15.0. The maximum atomic E-state index is 13.4. The summed E-state index contributed by atoms with van der Waals surface area (Å²) in [5, 5.41) is 22.8. The number of halogens is 1. The zero-order chi connectivity index (χ0) is 15.9. The minimum atomic E-state index is -0.531. The molecule has 2 amide bonds. The zero-order valence-electron chi connectivity index (χ0n) is 11.4. The van der Waals surface area contributed by atoms with Crippen LogP contribution in [0.4, 0.5) is 14.9 Å². The first-order valence-corrected chi connectivity index (χ1v) is 6.36. The Morgan fingerprint density at radius 2 is 1.82 bits per heavy atom. The lowest BCUT2D eigenvalue weighted by molar-refractivity contribution is 0.251. The third-order valence-electron chi connectivity index (χ3n) is 2.92. The van der Waals surface area contributed by atoms with Crippen molar-refractivity contribution < 1.29 is 9.18 Å². The second-order valence-corrected chi connectivity index (χ2v) is 4.38. The molecule has 0 unspecified atom stereocenters. The number of carbonyl (C=O) groups is 1. The van der Waals surface area contributed by atoms with E-state index in [2.05, 4.69) is 10.6 Å². The molecule has 0 radical (unpaired) electrons. The van der Waals surface area contributed by atoms with Crippen molar-refractivity contribution in [2.75, 3.05) is 5.32 Å². The van der Waals surface area contributed by atoms with Crippen LogP contribution in [0.3, 0.4) is 0 Å². The Labute approximate surface area is 126 Å². The average Bonchev–Trinajstić information content (AvgIpc) is 2.54. The van der Waals surface area contributed by atoms with Crippen LogP contribution >= 0.6 is 0 Å². The first-order chi connectivity index (χ1) is 10.6. The van der Waals surface area contributed by atoms with E-state index in [0.29, 0.717) is 11.3 Å². The van der Waals surface area contributed by atoms with E-state index in [1.165, 1.54) is 24.3 Å². The van der Waals surface area contributed by atoms with Crippen LogP contribution in [0.2, 0.25) is 0 Å². The fraction of sp³-hybridized carbons (Fsp3) is 0.0625. The molecule has 0 saturated carbocycles. The summed E-state index contributed by atoms with van der Waals surface area (Å²) in [4.78, 5) is 11.8. The summed E-state index contributed by atoms with van der Waals surface area (Å²) in [7, 11) is 0. The molecule has 0 fully saturated rings. The number of rotatable bonds is 3. The van der Waals surface area contributed by atoms with Gasteiger partial charge in [0.15, 0.2) is 0 Å². The van der Waals surface area contributed by atoms with Crippen LogP contribution in [0, 0.1) is 28.5 Å². The highest BCUT2D eigenvalue weighted by Crippen LogP contribution is 2.14. The summed E-state index contributed by atoms with van der Waals surface area (Å²) in [6.45, 7) is 0.0416. The van der Waals surface area contributed by atoms with Crippen LogP contribution in [-0.4, -0.2) is 6.03 Å². The highest BCUT2D eigenvalue weighted by atomic mass is 19.1. The second-order valence-electron chi connectivity index (χ2n) is 4.38. The van der Waals surface area contributed by atoms with E-state index in [1.807, 2.05) is 12.1 Å². The number of benzene rings is 2. The highest BCUT2D eigenvalue weighted by Gasteiger charge is 2.07. The van der Waals surface area contributed by atoms with Crippen LogP contribution in [-0.2, 0) is 6.54 Å². The van der Waals surface area contributed by atoms with Crippen LogP contribution < -0.4 is 10.6 Å². The Bertz CT molecular complexity index is 789. The quantitative estimate of drug-likeness (QED) is 0.912. The maximum absolute atomic E-state index is 13.4. The van der Waals surface area contributed by atoms with E-state index in [4.69, 9.17) is 10.5 Å². The molecule has 0 atom stereocenters. The van der Waals surface area contributed by atoms with E-state index in [0.717, 1.165) is 0 Å². The van der Waals surface area contributed by atoms with Crippen LogP contribution in [0.5, 0.6) is 0 Å². The average molecular weight is 294 g/mol. The molecule has 0 heterocycles. The molecule has 2 aromatic carbocycles. The van der Waals surface area contributed by atoms with E-state index in [9.17, 15) is 9.18 Å². The lowest BCUT2D eigenvalue weighted by Crippen LogP contribution is -2.28. The molecule has 0 spiro atoms. The molecule has 108 valence electrons. The molecule has 5 nitrogen and oxygen atoms in total. The van der Waals surface area contributed by atoms with Gasteiger partial charge in [0.25, 0.3) is 0 Å². The monoisotopic (exact) mass is 294 g/mol. The Morgan fingerprint density at radius 3 is 2.50 bits per heavy atom. The topological polar surface area (TPSA) is 88.7 Å². The molecule has 2 N–H and O–H groups in total. The summed E-state index contributed by atoms with van der Waals surface area (Å²) in [5.41, 5.74) is 1.16. The molecule has 0 saturated heterocycles. The predicted molar refractivity (Wildman–Crippen MR) is 78.1 cm³/mol. The number of carbonyl (C=O) groups excluding carboxylic acids is 1. The number of nitrogens with zero attached hydrogens (tertiary/aromatic N) is 2. The normalized spacial score (nSPS) is 9.41. The van der Waals surface area contributed by atoms with Gasteiger partial charge in [-0.1, -0.05) is 18.2 Å². The Balaban J connectivity index is 2.00. The second kappa shape index (κ2) is 6.87. The molecule has 0 bridgehead atoms. The molecular weight excluding hydrogens is 283 g/mol. The van der Waals surface area contributed by atoms with Crippen molar-refractivity contribution in [1.82, 2.24) is 5.32 Å². The van der Waals surface area contributed by atoms with Crippen LogP contribution in [0.1, 0.15) is 16.7 Å². The molecule has 0 aliphatic rings. The van der Waals surface area contributed by atoms with Crippen molar-refractivity contribution in [1.29, 1.82) is 10.5 Å². The molecule has 22 heavy (non-hydrogen) atoms. The van der Waals surface area contributed by atoms with Crippen molar-refractivity contribution in [3.05, 3.63) is 65.0 Å². The smallest absolute Gasteiger partial charge is 0.319 e. The molecule has 0 aromatic heterocycles. The van der Waals surface area contributed by atoms with Gasteiger partial charge in [0.2, 0.25) is 0 Å². The number of nitrogens with one attached hydrogen (secondary N) is 2. The maximum Gasteiger partial charge on any atom is 0.319 e. The number of hydrogen-bond acceptors (Lipinski definition) is 3. The van der Waals surface area contributed by atoms with Crippen molar-refractivity contribution in [3.63, 3.8) is 0 Å². The Kier molecular flexibility index (Phi) is 4.69. The van der Waals surface area contributed by atoms with Gasteiger partial charge in [0.1, 0.15) is 18.0 Å². The predicted octanol–water partition coefficient (Wildman–Crippen LogP) is 2.89. The molecular formula is C16H11FN4O. The van der Waals surface area contributed by atoms with Crippen molar-refractivity contribution in [2.24, 2.45) is 0 Å². The van der Waals surface area contributed by atoms with Gasteiger partial charge in [0, 0.05) is 17.8 Å². The van der Waals surface area contributed by atoms with Gasteiger partial charge in [-0.3, -0.25) is 0 Å². The van der Waals surface area contributed by atoms with Gasteiger partial charge in [-0.15, -0.1) is 0 Å². The molecule has 0 aliphatic carbocycles. The fourth-order valence-corrected chi connectivity index (χ4v) is 1.80. The van der Waals surface area contributed by atoms with Gasteiger partial charge >= 0.3 is 6.03 Å². The van der Waals surface area contributed by atoms with Gasteiger partial charge in [-0.25, -0.2) is 9.18 Å². The van der Waals surface area contributed by atoms with Crippen molar-refractivity contribution >= 4 is 11.7 Å². The third-order valence-corrected chi connectivity index (χ3v) is 2.92. The van der Waals surface area contributed by atoms with Crippen LogP contribution in [0.25, 0.3) is 0 Å². The SMILES string of the molecule is N#Cc1ccc(NC(=O)NCc2ccccc2F)cc1C#N. The largest absolute Gasteiger partial charge is 0.334 e.